The maximum Gasteiger partial charge on any atom is 0.265 e. The van der Waals surface area contributed by atoms with Gasteiger partial charge in [-0.1, -0.05) is 18.2 Å². The van der Waals surface area contributed by atoms with Crippen LogP contribution in [-0.2, 0) is 16.1 Å². The zero-order valence-corrected chi connectivity index (χ0v) is 13.1. The van der Waals surface area contributed by atoms with E-state index < -0.39 is 5.91 Å². The van der Waals surface area contributed by atoms with E-state index >= 15 is 0 Å². The molecular weight excluding hydrogens is 298 g/mol. The van der Waals surface area contributed by atoms with Gasteiger partial charge in [-0.25, -0.2) is 0 Å². The van der Waals surface area contributed by atoms with E-state index in [0.717, 1.165) is 23.0 Å². The molecule has 2 heterocycles. The summed E-state index contributed by atoms with van der Waals surface area (Å²) in [6.07, 6.45) is 3.58. The van der Waals surface area contributed by atoms with Gasteiger partial charge in [0, 0.05) is 36.3 Å². The van der Waals surface area contributed by atoms with Crippen LogP contribution in [0.25, 0.3) is 17.0 Å². The fourth-order valence-electron chi connectivity index (χ4n) is 2.55. The highest BCUT2D eigenvalue weighted by Crippen LogP contribution is 2.24. The van der Waals surface area contributed by atoms with Crippen LogP contribution in [0.1, 0.15) is 12.5 Å². The lowest BCUT2D eigenvalue weighted by molar-refractivity contribution is -0.128. The van der Waals surface area contributed by atoms with Gasteiger partial charge < -0.3 is 4.57 Å². The minimum atomic E-state index is -0.457. The van der Waals surface area contributed by atoms with Crippen LogP contribution in [0.15, 0.2) is 36.0 Å². The Morgan fingerprint density at radius 1 is 1.27 bits per heavy atom. The minimum Gasteiger partial charge on any atom is -0.347 e. The number of benzene rings is 1. The number of aromatic nitrogens is 1. The van der Waals surface area contributed by atoms with E-state index in [1.165, 1.54) is 4.90 Å². The standard InChI is InChI=1S/C16H15N3O2S/c1-3-19-9-10(11-6-4-5-7-13(11)19)8-12-14(20)17-16(22)18(2)15(12)21/h4-9H,3H2,1-2H3,(H,17,20,22)/b12-8+. The monoisotopic (exact) mass is 313 g/mol. The second-order valence-electron chi connectivity index (χ2n) is 5.07. The predicted molar refractivity (Wildman–Crippen MR) is 89.1 cm³/mol. The van der Waals surface area contributed by atoms with Gasteiger partial charge in [0.15, 0.2) is 5.11 Å². The molecule has 1 N–H and O–H groups in total. The maximum absolute atomic E-state index is 12.3. The van der Waals surface area contributed by atoms with Gasteiger partial charge in [-0.15, -0.1) is 0 Å². The first kappa shape index (κ1) is 14.5. The van der Waals surface area contributed by atoms with Crippen LogP contribution < -0.4 is 5.32 Å². The molecular formula is C16H15N3O2S. The van der Waals surface area contributed by atoms with Crippen molar-refractivity contribution in [3.05, 3.63) is 41.6 Å². The Morgan fingerprint density at radius 3 is 2.73 bits per heavy atom. The quantitative estimate of drug-likeness (QED) is 0.523. The highest BCUT2D eigenvalue weighted by Gasteiger charge is 2.30. The lowest BCUT2D eigenvalue weighted by atomic mass is 10.1. The van der Waals surface area contributed by atoms with Gasteiger partial charge in [0.25, 0.3) is 11.8 Å². The van der Waals surface area contributed by atoms with Crippen molar-refractivity contribution >= 4 is 46.1 Å². The molecule has 1 aromatic carbocycles. The van der Waals surface area contributed by atoms with E-state index in [1.54, 1.807) is 13.1 Å². The van der Waals surface area contributed by atoms with Gasteiger partial charge >= 0.3 is 0 Å². The van der Waals surface area contributed by atoms with Gasteiger partial charge in [0.1, 0.15) is 5.57 Å². The summed E-state index contributed by atoms with van der Waals surface area (Å²) in [5, 5.41) is 3.66. The third-order valence-electron chi connectivity index (χ3n) is 3.76. The van der Waals surface area contributed by atoms with Crippen molar-refractivity contribution in [3.8, 4) is 0 Å². The summed E-state index contributed by atoms with van der Waals surface area (Å²) < 4.78 is 2.08. The van der Waals surface area contributed by atoms with Crippen molar-refractivity contribution in [2.75, 3.05) is 7.05 Å². The molecule has 22 heavy (non-hydrogen) atoms. The summed E-state index contributed by atoms with van der Waals surface area (Å²) in [5.74, 6) is -0.844. The van der Waals surface area contributed by atoms with Crippen LogP contribution in [0.2, 0.25) is 0 Å². The molecule has 0 unspecified atom stereocenters. The Kier molecular flexibility index (Phi) is 3.54. The molecule has 0 radical (unpaired) electrons. The smallest absolute Gasteiger partial charge is 0.265 e. The Labute approximate surface area is 133 Å². The Balaban J connectivity index is 2.14. The van der Waals surface area contributed by atoms with Gasteiger partial charge in [0.05, 0.1) is 0 Å². The fourth-order valence-corrected chi connectivity index (χ4v) is 2.73. The number of nitrogens with zero attached hydrogens (tertiary/aromatic N) is 2. The number of amides is 2. The van der Waals surface area contributed by atoms with E-state index in [2.05, 4.69) is 9.88 Å². The first-order chi connectivity index (χ1) is 10.5. The van der Waals surface area contributed by atoms with Crippen molar-refractivity contribution < 1.29 is 9.59 Å². The van der Waals surface area contributed by atoms with Crippen molar-refractivity contribution in [2.24, 2.45) is 0 Å². The third kappa shape index (κ3) is 2.21. The summed E-state index contributed by atoms with van der Waals surface area (Å²) >= 11 is 4.94. The van der Waals surface area contributed by atoms with Gasteiger partial charge in [-0.05, 0) is 31.3 Å². The van der Waals surface area contributed by atoms with Crippen LogP contribution in [0.3, 0.4) is 0 Å². The molecule has 1 saturated heterocycles. The lowest BCUT2D eigenvalue weighted by Crippen LogP contribution is -2.52. The number of hydrogen-bond donors (Lipinski definition) is 1. The zero-order valence-electron chi connectivity index (χ0n) is 12.3. The number of thiocarbonyl (C=S) groups is 1. The van der Waals surface area contributed by atoms with Crippen LogP contribution in [-0.4, -0.2) is 33.4 Å². The molecule has 5 nitrogen and oxygen atoms in total. The fraction of sp³-hybridized carbons (Fsp3) is 0.188. The van der Waals surface area contributed by atoms with Crippen molar-refractivity contribution in [1.29, 1.82) is 0 Å². The normalized spacial score (nSPS) is 17.5. The summed E-state index contributed by atoms with van der Waals surface area (Å²) in [7, 11) is 1.55. The summed E-state index contributed by atoms with van der Waals surface area (Å²) in [4.78, 5) is 25.6. The SMILES string of the molecule is CCn1cc(/C=C2\C(=O)NC(=S)N(C)C2=O)c2ccccc21. The molecule has 1 aliphatic heterocycles. The summed E-state index contributed by atoms with van der Waals surface area (Å²) in [6, 6.07) is 7.91. The number of para-hydroxylation sites is 1. The molecule has 1 fully saturated rings. The van der Waals surface area contributed by atoms with Crippen molar-refractivity contribution in [3.63, 3.8) is 0 Å². The molecule has 112 valence electrons. The summed E-state index contributed by atoms with van der Waals surface area (Å²) in [6.45, 7) is 2.86. The second-order valence-corrected chi connectivity index (χ2v) is 5.46. The molecule has 0 aliphatic carbocycles. The highest BCUT2D eigenvalue weighted by molar-refractivity contribution is 7.80. The first-order valence-corrected chi connectivity index (χ1v) is 7.36. The molecule has 3 rings (SSSR count). The molecule has 2 aromatic rings. The average molecular weight is 313 g/mol. The molecule has 0 bridgehead atoms. The largest absolute Gasteiger partial charge is 0.347 e. The number of aryl methyl sites for hydroxylation is 1. The van der Waals surface area contributed by atoms with Crippen LogP contribution >= 0.6 is 12.2 Å². The number of carbonyl (C=O) groups is 2. The number of rotatable bonds is 2. The average Bonchev–Trinajstić information content (AvgIpc) is 2.87. The number of fused-ring (bicyclic) bond motifs is 1. The first-order valence-electron chi connectivity index (χ1n) is 6.96. The van der Waals surface area contributed by atoms with E-state index in [4.69, 9.17) is 12.2 Å². The number of likely N-dealkylation sites (N-methyl/N-ethyl adjacent to an activating group) is 1. The maximum atomic E-state index is 12.3. The molecule has 0 spiro atoms. The van der Waals surface area contributed by atoms with E-state index in [0.29, 0.717) is 0 Å². The number of hydrogen-bond acceptors (Lipinski definition) is 3. The summed E-state index contributed by atoms with van der Waals surface area (Å²) in [5.41, 5.74) is 2.01. The van der Waals surface area contributed by atoms with E-state index in [1.807, 2.05) is 37.4 Å². The molecule has 2 amide bonds. The van der Waals surface area contributed by atoms with Crippen molar-refractivity contribution in [2.45, 2.75) is 13.5 Å². The topological polar surface area (TPSA) is 54.3 Å². The van der Waals surface area contributed by atoms with Gasteiger partial charge in [-0.3, -0.25) is 19.8 Å². The molecule has 0 atom stereocenters. The molecule has 6 heteroatoms. The Morgan fingerprint density at radius 2 is 2.00 bits per heavy atom. The Bertz CT molecular complexity index is 835. The lowest BCUT2D eigenvalue weighted by Gasteiger charge is -2.24. The predicted octanol–water partition coefficient (Wildman–Crippen LogP) is 1.92. The minimum absolute atomic E-state index is 0.0927. The van der Waals surface area contributed by atoms with Gasteiger partial charge in [0.2, 0.25) is 0 Å². The van der Waals surface area contributed by atoms with Gasteiger partial charge in [-0.2, -0.15) is 0 Å². The number of carbonyl (C=O) groups excluding carboxylic acids is 2. The second kappa shape index (κ2) is 5.38. The number of nitrogens with one attached hydrogen (secondary N) is 1. The highest BCUT2D eigenvalue weighted by atomic mass is 32.1. The third-order valence-corrected chi connectivity index (χ3v) is 4.14. The van der Waals surface area contributed by atoms with E-state index in [9.17, 15) is 9.59 Å². The van der Waals surface area contributed by atoms with E-state index in [-0.39, 0.29) is 16.6 Å². The van der Waals surface area contributed by atoms with Crippen LogP contribution in [0.5, 0.6) is 0 Å². The zero-order chi connectivity index (χ0) is 15.9. The van der Waals surface area contributed by atoms with Crippen LogP contribution in [0.4, 0.5) is 0 Å². The molecule has 1 aliphatic rings. The molecule has 1 aromatic heterocycles. The van der Waals surface area contributed by atoms with Crippen molar-refractivity contribution in [1.82, 2.24) is 14.8 Å². The Hall–Kier alpha value is -2.47. The molecule has 0 saturated carbocycles. The van der Waals surface area contributed by atoms with Crippen LogP contribution in [0, 0.1) is 0 Å².